The number of hydrogen-bond donors (Lipinski definition) is 0. The van der Waals surface area contributed by atoms with Crippen LogP contribution in [0.2, 0.25) is 0 Å². The van der Waals surface area contributed by atoms with E-state index in [9.17, 15) is 0 Å². The van der Waals surface area contributed by atoms with Crippen LogP contribution < -0.4 is 31.1 Å². The van der Waals surface area contributed by atoms with Crippen molar-refractivity contribution in [1.82, 2.24) is 0 Å². The van der Waals surface area contributed by atoms with Crippen LogP contribution in [0.5, 0.6) is 0 Å². The highest BCUT2D eigenvalue weighted by Gasteiger charge is 2.48. The van der Waals surface area contributed by atoms with E-state index in [0.29, 0.717) is 0 Å². The molecule has 4 heteroatoms. The predicted molar refractivity (Wildman–Crippen MR) is 341 cm³/mol. The Morgan fingerprint density at radius 2 is 0.705 bits per heavy atom. The molecule has 0 saturated heterocycles. The molecule has 0 fully saturated rings. The van der Waals surface area contributed by atoms with Crippen LogP contribution in [0, 0.1) is 0 Å². The number of rotatable bonds is 5. The second kappa shape index (κ2) is 17.8. The highest BCUT2D eigenvalue weighted by atomic mass is 15.2. The van der Waals surface area contributed by atoms with Crippen LogP contribution in [-0.2, 0) is 43.3 Å². The maximum Gasteiger partial charge on any atom is 0.252 e. The molecule has 0 bridgehead atoms. The molecule has 0 radical (unpaired) electrons. The smallest absolute Gasteiger partial charge is 0.252 e. The SMILES string of the molecule is CC(C)(C)c1ccc(N(c2ccc(C(C)(C)C)cc2)c2cc3c4c(c2)N(c2ccc5c(c2)C(C)(C)CCC5(C)C)c2cc5c(cc2B4c2cc(C(C)(C)C)ccc2N3c2ccc(C(C)(C)C)cc2)C(C)(C)CCC5(C)C)cc1. The molecule has 3 nitrogen and oxygen atoms in total. The quantitative estimate of drug-likeness (QED) is 0.159. The summed E-state index contributed by atoms with van der Waals surface area (Å²) >= 11 is 0. The van der Waals surface area contributed by atoms with Crippen LogP contribution in [0.25, 0.3) is 0 Å². The number of nitrogens with zero attached hydrogens (tertiary/aromatic N) is 3. The number of hydrogen-bond acceptors (Lipinski definition) is 3. The molecule has 0 atom stereocenters. The summed E-state index contributed by atoms with van der Waals surface area (Å²) in [6.07, 6.45) is 4.65. The molecule has 7 aromatic rings. The zero-order valence-corrected chi connectivity index (χ0v) is 51.4. The van der Waals surface area contributed by atoms with E-state index in [-0.39, 0.29) is 50.0 Å². The molecule has 2 heterocycles. The fourth-order valence-electron chi connectivity index (χ4n) is 13.7. The third kappa shape index (κ3) is 9.04. The first kappa shape index (κ1) is 54.0. The fraction of sp³-hybridized carbons (Fsp3) is 0.432. The van der Waals surface area contributed by atoms with Crippen LogP contribution in [0.15, 0.2) is 133 Å². The molecule has 0 amide bonds. The summed E-state index contributed by atoms with van der Waals surface area (Å²) in [6.45, 7) is 47.8. The summed E-state index contributed by atoms with van der Waals surface area (Å²) in [5, 5.41) is 0. The molecular weight excluding hydrogens is 942 g/mol. The van der Waals surface area contributed by atoms with Gasteiger partial charge in [0, 0.05) is 45.5 Å². The van der Waals surface area contributed by atoms with Crippen LogP contribution >= 0.6 is 0 Å². The van der Waals surface area contributed by atoms with Crippen LogP contribution in [0.3, 0.4) is 0 Å². The molecule has 2 aliphatic heterocycles. The lowest BCUT2D eigenvalue weighted by Crippen LogP contribution is -2.62. The van der Waals surface area contributed by atoms with Gasteiger partial charge in [0.25, 0.3) is 6.71 Å². The number of fused-ring (bicyclic) bond motifs is 6. The average molecular weight is 1030 g/mol. The normalized spacial score (nSPS) is 17.9. The van der Waals surface area contributed by atoms with E-state index in [1.807, 2.05) is 0 Å². The van der Waals surface area contributed by atoms with Gasteiger partial charge >= 0.3 is 0 Å². The van der Waals surface area contributed by atoms with Crippen molar-refractivity contribution >= 4 is 74.3 Å². The van der Waals surface area contributed by atoms with Crippen molar-refractivity contribution < 1.29 is 0 Å². The van der Waals surface area contributed by atoms with Gasteiger partial charge in [-0.05, 0) is 203 Å². The van der Waals surface area contributed by atoms with Gasteiger partial charge in [-0.1, -0.05) is 199 Å². The Hall–Kier alpha value is -6.00. The third-order valence-corrected chi connectivity index (χ3v) is 19.2. The number of anilines is 9. The lowest BCUT2D eigenvalue weighted by atomic mass is 9.33. The molecule has 4 aliphatic rings. The summed E-state index contributed by atoms with van der Waals surface area (Å²) in [4.78, 5) is 7.89. The third-order valence-electron chi connectivity index (χ3n) is 19.2. The highest BCUT2D eigenvalue weighted by molar-refractivity contribution is 7.00. The topological polar surface area (TPSA) is 9.72 Å². The lowest BCUT2D eigenvalue weighted by molar-refractivity contribution is 0.332. The molecular formula is C74H90BN3. The molecule has 0 aromatic heterocycles. The van der Waals surface area contributed by atoms with Gasteiger partial charge in [-0.25, -0.2) is 0 Å². The van der Waals surface area contributed by atoms with Crippen molar-refractivity contribution in [2.75, 3.05) is 14.7 Å². The van der Waals surface area contributed by atoms with Gasteiger partial charge in [0.2, 0.25) is 0 Å². The molecule has 404 valence electrons. The first-order valence-electron chi connectivity index (χ1n) is 29.5. The molecule has 2 aliphatic carbocycles. The molecule has 7 aromatic carbocycles. The lowest BCUT2D eigenvalue weighted by Gasteiger charge is -2.48. The van der Waals surface area contributed by atoms with Gasteiger partial charge in [0.15, 0.2) is 0 Å². The van der Waals surface area contributed by atoms with E-state index in [2.05, 4.69) is 287 Å². The van der Waals surface area contributed by atoms with Gasteiger partial charge in [-0.15, -0.1) is 0 Å². The molecule has 78 heavy (non-hydrogen) atoms. The van der Waals surface area contributed by atoms with E-state index in [1.165, 1.54) is 101 Å². The van der Waals surface area contributed by atoms with Gasteiger partial charge in [-0.3, -0.25) is 0 Å². The van der Waals surface area contributed by atoms with Crippen LogP contribution in [0.4, 0.5) is 51.2 Å². The molecule has 0 N–H and O–H groups in total. The summed E-state index contributed by atoms with van der Waals surface area (Å²) in [6, 6.07) is 53.9. The standard InChI is InChI=1S/C74H90BN3/c1-67(2,3)47-21-28-51(29-22-47)76(52-30-23-48(24-31-52)68(4,5)6)55-43-64-66-65(44-55)78(54-34-35-56-57(42-54)72(15,16)38-37-71(56,13)14)63-46-59-58(73(17,18)39-40-74(59,19)20)45-61(63)75(66)60-41-50(70(10,11)12)27-36-62(60)77(64)53-32-25-49(26-33-53)69(7,8)9/h21-36,41-46H,37-40H2,1-20H3. The van der Waals surface area contributed by atoms with E-state index in [0.717, 1.165) is 36.3 Å². The first-order chi connectivity index (χ1) is 36.2. The second-order valence-electron chi connectivity index (χ2n) is 31.0. The fourth-order valence-corrected chi connectivity index (χ4v) is 13.7. The maximum atomic E-state index is 2.73. The monoisotopic (exact) mass is 1030 g/mol. The molecule has 0 spiro atoms. The second-order valence-corrected chi connectivity index (χ2v) is 31.0. The Morgan fingerprint density at radius 1 is 0.333 bits per heavy atom. The zero-order chi connectivity index (χ0) is 56.2. The van der Waals surface area contributed by atoms with Gasteiger partial charge in [0.1, 0.15) is 0 Å². The zero-order valence-electron chi connectivity index (χ0n) is 51.4. The van der Waals surface area contributed by atoms with Crippen molar-refractivity contribution in [3.05, 3.63) is 178 Å². The van der Waals surface area contributed by atoms with Crippen LogP contribution in [-0.4, -0.2) is 6.71 Å². The summed E-state index contributed by atoms with van der Waals surface area (Å²) in [7, 11) is 0. The Morgan fingerprint density at radius 3 is 1.17 bits per heavy atom. The van der Waals surface area contributed by atoms with Crippen molar-refractivity contribution in [2.45, 2.75) is 207 Å². The molecule has 0 unspecified atom stereocenters. The van der Waals surface area contributed by atoms with Crippen molar-refractivity contribution in [3.63, 3.8) is 0 Å². The first-order valence-corrected chi connectivity index (χ1v) is 29.5. The molecule has 11 rings (SSSR count). The van der Waals surface area contributed by atoms with Crippen molar-refractivity contribution in [3.8, 4) is 0 Å². The van der Waals surface area contributed by atoms with E-state index in [4.69, 9.17) is 0 Å². The average Bonchev–Trinajstić information content (AvgIpc) is 3.41. The summed E-state index contributed by atoms with van der Waals surface area (Å²) < 4.78 is 0. The Balaban J connectivity index is 1.30. The Kier molecular flexibility index (Phi) is 12.3. The Bertz CT molecular complexity index is 3430. The van der Waals surface area contributed by atoms with E-state index < -0.39 is 0 Å². The summed E-state index contributed by atoms with van der Waals surface area (Å²) in [5.41, 5.74) is 26.4. The van der Waals surface area contributed by atoms with Gasteiger partial charge in [-0.2, -0.15) is 0 Å². The van der Waals surface area contributed by atoms with Crippen molar-refractivity contribution in [2.24, 2.45) is 0 Å². The maximum absolute atomic E-state index is 2.73. The molecule has 0 saturated carbocycles. The minimum Gasteiger partial charge on any atom is -0.311 e. The largest absolute Gasteiger partial charge is 0.311 e. The van der Waals surface area contributed by atoms with Gasteiger partial charge < -0.3 is 14.7 Å². The summed E-state index contributed by atoms with van der Waals surface area (Å²) in [5.74, 6) is 0. The van der Waals surface area contributed by atoms with Crippen LogP contribution in [0.1, 0.15) is 209 Å². The van der Waals surface area contributed by atoms with Crippen molar-refractivity contribution in [1.29, 1.82) is 0 Å². The number of benzene rings is 7. The Labute approximate surface area is 472 Å². The van der Waals surface area contributed by atoms with E-state index in [1.54, 1.807) is 0 Å². The van der Waals surface area contributed by atoms with Gasteiger partial charge in [0.05, 0.1) is 5.69 Å². The predicted octanol–water partition coefficient (Wildman–Crippen LogP) is 19.1. The highest BCUT2D eigenvalue weighted by Crippen LogP contribution is 2.54. The van der Waals surface area contributed by atoms with E-state index >= 15 is 0 Å². The minimum absolute atomic E-state index is 0.00976. The minimum atomic E-state index is -0.0537.